The molecule has 3 unspecified atom stereocenters. The minimum absolute atomic E-state index is 0.405. The fourth-order valence-electron chi connectivity index (χ4n) is 3.97. The highest BCUT2D eigenvalue weighted by Gasteiger charge is 2.30. The first-order valence-electron chi connectivity index (χ1n) is 8.80. The lowest BCUT2D eigenvalue weighted by atomic mass is 9.77. The number of aliphatic hydroxyl groups is 1. The van der Waals surface area contributed by atoms with E-state index in [2.05, 4.69) is 16.7 Å². The molecule has 2 aliphatic rings. The molecule has 4 heteroatoms. The van der Waals surface area contributed by atoms with E-state index in [0.29, 0.717) is 12.0 Å². The zero-order valence-electron chi connectivity index (χ0n) is 14.2. The van der Waals surface area contributed by atoms with Gasteiger partial charge in [-0.25, -0.2) is 0 Å². The molecule has 1 saturated carbocycles. The van der Waals surface area contributed by atoms with Gasteiger partial charge in [-0.2, -0.15) is 0 Å². The summed E-state index contributed by atoms with van der Waals surface area (Å²) in [6, 6.07) is 0.405. The van der Waals surface area contributed by atoms with Crippen LogP contribution in [0.4, 0.5) is 0 Å². The molecule has 0 aromatic rings. The van der Waals surface area contributed by atoms with Gasteiger partial charge in [-0.1, -0.05) is 13.3 Å². The van der Waals surface area contributed by atoms with Crippen LogP contribution in [0.2, 0.25) is 0 Å². The molecule has 0 bridgehead atoms. The highest BCUT2D eigenvalue weighted by atomic mass is 16.3. The maximum Gasteiger partial charge on any atom is 0.0718 e. The Hall–Kier alpha value is -0.160. The van der Waals surface area contributed by atoms with E-state index in [4.69, 9.17) is 5.73 Å². The van der Waals surface area contributed by atoms with Crippen LogP contribution in [0.5, 0.6) is 0 Å². The fourth-order valence-corrected chi connectivity index (χ4v) is 3.97. The van der Waals surface area contributed by atoms with Gasteiger partial charge in [0.1, 0.15) is 0 Å². The molecule has 0 aromatic heterocycles. The molecule has 1 heterocycles. The van der Waals surface area contributed by atoms with E-state index in [1.807, 2.05) is 13.8 Å². The number of hydrogen-bond donors (Lipinski definition) is 2. The first-order valence-corrected chi connectivity index (χ1v) is 8.80. The third kappa shape index (κ3) is 5.51. The normalized spacial score (nSPS) is 33.3. The Balaban J connectivity index is 1.75. The average molecular weight is 297 g/mol. The van der Waals surface area contributed by atoms with Gasteiger partial charge in [0.25, 0.3) is 0 Å². The summed E-state index contributed by atoms with van der Waals surface area (Å²) in [6.07, 6.45) is 5.17. The van der Waals surface area contributed by atoms with Crippen LogP contribution in [0.25, 0.3) is 0 Å². The van der Waals surface area contributed by atoms with Crippen LogP contribution in [0.1, 0.15) is 46.5 Å². The van der Waals surface area contributed by atoms with Gasteiger partial charge in [0, 0.05) is 45.3 Å². The molecular formula is C17H35N3O. The van der Waals surface area contributed by atoms with Crippen LogP contribution < -0.4 is 5.73 Å². The van der Waals surface area contributed by atoms with Gasteiger partial charge in [-0.3, -0.25) is 4.90 Å². The molecule has 0 radical (unpaired) electrons. The van der Waals surface area contributed by atoms with Crippen molar-refractivity contribution in [2.45, 2.75) is 58.1 Å². The number of rotatable bonds is 5. The molecular weight excluding hydrogens is 262 g/mol. The van der Waals surface area contributed by atoms with Crippen LogP contribution in [-0.2, 0) is 0 Å². The summed E-state index contributed by atoms with van der Waals surface area (Å²) in [7, 11) is 0. The lowest BCUT2D eigenvalue weighted by Gasteiger charge is -2.41. The Morgan fingerprint density at radius 2 is 1.71 bits per heavy atom. The summed E-state index contributed by atoms with van der Waals surface area (Å²) in [5.41, 5.74) is 5.77. The highest BCUT2D eigenvalue weighted by molar-refractivity contribution is 4.86. The smallest absolute Gasteiger partial charge is 0.0718 e. The summed E-state index contributed by atoms with van der Waals surface area (Å²) in [5, 5.41) is 9.92. The molecule has 3 N–H and O–H groups in total. The molecule has 2 rings (SSSR count). The van der Waals surface area contributed by atoms with Gasteiger partial charge in [0.2, 0.25) is 0 Å². The van der Waals surface area contributed by atoms with Crippen molar-refractivity contribution in [3.8, 4) is 0 Å². The molecule has 21 heavy (non-hydrogen) atoms. The second kappa shape index (κ2) is 7.40. The van der Waals surface area contributed by atoms with E-state index in [1.54, 1.807) is 0 Å². The minimum Gasteiger partial charge on any atom is -0.389 e. The van der Waals surface area contributed by atoms with Crippen molar-refractivity contribution in [1.82, 2.24) is 9.80 Å². The van der Waals surface area contributed by atoms with Crippen molar-refractivity contribution in [2.24, 2.45) is 17.6 Å². The van der Waals surface area contributed by atoms with Crippen molar-refractivity contribution in [2.75, 3.05) is 39.3 Å². The third-order valence-electron chi connectivity index (χ3n) is 5.30. The summed E-state index contributed by atoms with van der Waals surface area (Å²) < 4.78 is 0. The Labute approximate surface area is 130 Å². The summed E-state index contributed by atoms with van der Waals surface area (Å²) in [6.45, 7) is 12.4. The van der Waals surface area contributed by atoms with Gasteiger partial charge in [0.15, 0.2) is 0 Å². The number of hydrogen-bond acceptors (Lipinski definition) is 4. The molecule has 3 atom stereocenters. The monoisotopic (exact) mass is 297 g/mol. The molecule has 0 spiro atoms. The standard InChI is InChI=1S/C17H35N3O/c1-4-14-5-6-16(18)15(11-14)12-19-7-9-20(10-8-19)13-17(2,3)21/h14-16,21H,4-13,18H2,1-3H3. The summed E-state index contributed by atoms with van der Waals surface area (Å²) in [4.78, 5) is 4.97. The van der Waals surface area contributed by atoms with Gasteiger partial charge in [-0.15, -0.1) is 0 Å². The van der Waals surface area contributed by atoms with Crippen LogP contribution in [0.3, 0.4) is 0 Å². The first kappa shape index (κ1) is 17.2. The molecule has 0 aromatic carbocycles. The van der Waals surface area contributed by atoms with Gasteiger partial charge >= 0.3 is 0 Å². The predicted molar refractivity (Wildman–Crippen MR) is 88.3 cm³/mol. The summed E-state index contributed by atoms with van der Waals surface area (Å²) in [5.74, 6) is 1.58. The zero-order chi connectivity index (χ0) is 15.5. The molecule has 1 aliphatic heterocycles. The maximum absolute atomic E-state index is 9.92. The number of nitrogens with zero attached hydrogens (tertiary/aromatic N) is 2. The molecule has 1 saturated heterocycles. The predicted octanol–water partition coefficient (Wildman–Crippen LogP) is 1.53. The van der Waals surface area contributed by atoms with E-state index in [1.165, 1.54) is 32.2 Å². The zero-order valence-corrected chi connectivity index (χ0v) is 14.2. The van der Waals surface area contributed by atoms with E-state index in [-0.39, 0.29) is 0 Å². The van der Waals surface area contributed by atoms with Crippen LogP contribution in [0, 0.1) is 11.8 Å². The second-order valence-electron chi connectivity index (χ2n) is 7.90. The SMILES string of the molecule is CCC1CCC(N)C(CN2CCN(CC(C)(C)O)CC2)C1. The number of β-amino-alcohol motifs (C(OH)–C–C–N with tert-alkyl or cyclic N) is 1. The largest absolute Gasteiger partial charge is 0.389 e. The van der Waals surface area contributed by atoms with Gasteiger partial charge < -0.3 is 15.7 Å². The molecule has 2 fully saturated rings. The van der Waals surface area contributed by atoms with Gasteiger partial charge in [-0.05, 0) is 44.9 Å². The fraction of sp³-hybridized carbons (Fsp3) is 1.00. The third-order valence-corrected chi connectivity index (χ3v) is 5.30. The van der Waals surface area contributed by atoms with E-state index >= 15 is 0 Å². The quantitative estimate of drug-likeness (QED) is 0.808. The van der Waals surface area contributed by atoms with Crippen molar-refractivity contribution in [3.05, 3.63) is 0 Å². The van der Waals surface area contributed by atoms with E-state index in [0.717, 1.165) is 38.6 Å². The highest BCUT2D eigenvalue weighted by Crippen LogP contribution is 2.31. The van der Waals surface area contributed by atoms with E-state index < -0.39 is 5.60 Å². The van der Waals surface area contributed by atoms with Crippen molar-refractivity contribution in [3.63, 3.8) is 0 Å². The average Bonchev–Trinajstić information content (AvgIpc) is 2.42. The van der Waals surface area contributed by atoms with Crippen LogP contribution in [-0.4, -0.2) is 65.8 Å². The molecule has 124 valence electrons. The molecule has 4 nitrogen and oxygen atoms in total. The van der Waals surface area contributed by atoms with Crippen molar-refractivity contribution < 1.29 is 5.11 Å². The topological polar surface area (TPSA) is 52.7 Å². The van der Waals surface area contributed by atoms with Gasteiger partial charge in [0.05, 0.1) is 5.60 Å². The lowest BCUT2D eigenvalue weighted by Crippen LogP contribution is -2.53. The maximum atomic E-state index is 9.92. The Morgan fingerprint density at radius 3 is 2.29 bits per heavy atom. The second-order valence-corrected chi connectivity index (χ2v) is 7.90. The Kier molecular flexibility index (Phi) is 6.06. The minimum atomic E-state index is -0.581. The summed E-state index contributed by atoms with van der Waals surface area (Å²) >= 11 is 0. The first-order chi connectivity index (χ1) is 9.87. The Morgan fingerprint density at radius 1 is 1.10 bits per heavy atom. The number of piperazine rings is 1. The van der Waals surface area contributed by atoms with Crippen LogP contribution in [0.15, 0.2) is 0 Å². The van der Waals surface area contributed by atoms with Crippen LogP contribution >= 0.6 is 0 Å². The molecule has 0 amide bonds. The molecule has 1 aliphatic carbocycles. The van der Waals surface area contributed by atoms with E-state index in [9.17, 15) is 5.11 Å². The van der Waals surface area contributed by atoms with Crippen molar-refractivity contribution >= 4 is 0 Å². The van der Waals surface area contributed by atoms with Crippen molar-refractivity contribution in [1.29, 1.82) is 0 Å². The lowest BCUT2D eigenvalue weighted by molar-refractivity contribution is 0.0134. The Bertz CT molecular complexity index is 308. The number of nitrogens with two attached hydrogens (primary N) is 1.